The van der Waals surface area contributed by atoms with Crippen LogP contribution >= 0.6 is 38.6 Å². The van der Waals surface area contributed by atoms with Crippen LogP contribution in [0.2, 0.25) is 0 Å². The Morgan fingerprint density at radius 1 is 0.714 bits per heavy atom. The van der Waals surface area contributed by atoms with Crippen LogP contribution in [0.3, 0.4) is 0 Å². The minimum Gasteiger partial charge on any atom is -0.366 e. The number of rotatable bonds is 12. The molecule has 4 N–H and O–H groups in total. The molecule has 0 spiro atoms. The second-order valence-electron chi connectivity index (χ2n) is 9.53. The molecule has 5 rings (SSSR count). The lowest BCUT2D eigenvalue weighted by Gasteiger charge is -2.04. The van der Waals surface area contributed by atoms with Gasteiger partial charge in [-0.05, 0) is 119 Å². The van der Waals surface area contributed by atoms with Gasteiger partial charge in [-0.2, -0.15) is 0 Å². The largest absolute Gasteiger partial charge is 0.366 e. The number of primary amides is 1. The Bertz CT molecular complexity index is 1570. The van der Waals surface area contributed by atoms with Gasteiger partial charge in [0.15, 0.2) is 0 Å². The predicted octanol–water partition coefficient (Wildman–Crippen LogP) is 7.97. The first-order valence-corrected chi connectivity index (χ1v) is 15.9. The summed E-state index contributed by atoms with van der Waals surface area (Å²) in [7, 11) is 0. The Balaban J connectivity index is 0.000000208. The van der Waals surface area contributed by atoms with Crippen molar-refractivity contribution in [2.75, 3.05) is 13.1 Å². The van der Waals surface area contributed by atoms with Crippen molar-refractivity contribution in [3.05, 3.63) is 139 Å². The predicted molar refractivity (Wildman–Crippen MR) is 174 cm³/mol. The average Bonchev–Trinajstić information content (AvgIpc) is 3.63. The van der Waals surface area contributed by atoms with E-state index in [9.17, 15) is 13.6 Å². The monoisotopic (exact) mass is 667 g/mol. The summed E-state index contributed by atoms with van der Waals surface area (Å²) < 4.78 is 27.2. The molecule has 0 radical (unpaired) electrons. The topological polar surface area (TPSA) is 67.1 Å². The number of halogens is 3. The average molecular weight is 669 g/mol. The van der Waals surface area contributed by atoms with Gasteiger partial charge >= 0.3 is 0 Å². The van der Waals surface area contributed by atoms with E-state index >= 15 is 0 Å². The van der Waals surface area contributed by atoms with Crippen LogP contribution < -0.4 is 16.4 Å². The van der Waals surface area contributed by atoms with E-state index < -0.39 is 5.91 Å². The van der Waals surface area contributed by atoms with Gasteiger partial charge in [-0.15, -0.1) is 22.7 Å². The SMILES string of the molecule is Fc1cccc(CCNCc2ccc(Br)s2)c1.NC(=O)c1ccc(-c2ccc(CNCCc3cccc(F)c3)s2)cc1. The molecule has 218 valence electrons. The van der Waals surface area contributed by atoms with E-state index in [4.69, 9.17) is 5.73 Å². The number of benzene rings is 3. The normalized spacial score (nSPS) is 10.7. The van der Waals surface area contributed by atoms with E-state index in [-0.39, 0.29) is 11.6 Å². The van der Waals surface area contributed by atoms with Crippen molar-refractivity contribution in [2.24, 2.45) is 5.73 Å². The third-order valence-corrected chi connectivity index (χ3v) is 9.06. The summed E-state index contributed by atoms with van der Waals surface area (Å²) in [5, 5.41) is 6.74. The van der Waals surface area contributed by atoms with Crippen molar-refractivity contribution in [2.45, 2.75) is 25.9 Å². The fourth-order valence-corrected chi connectivity index (χ4v) is 6.58. The van der Waals surface area contributed by atoms with Crippen LogP contribution in [-0.2, 0) is 25.9 Å². The van der Waals surface area contributed by atoms with Crippen LogP contribution in [0.15, 0.2) is 101 Å². The molecule has 2 aromatic heterocycles. The molecule has 0 saturated carbocycles. The first-order valence-electron chi connectivity index (χ1n) is 13.5. The quantitative estimate of drug-likeness (QED) is 0.118. The van der Waals surface area contributed by atoms with Crippen LogP contribution in [0.25, 0.3) is 10.4 Å². The van der Waals surface area contributed by atoms with E-state index in [2.05, 4.69) is 44.8 Å². The molecule has 0 atom stereocenters. The molecule has 0 fully saturated rings. The highest BCUT2D eigenvalue weighted by Gasteiger charge is 2.05. The van der Waals surface area contributed by atoms with E-state index in [0.29, 0.717) is 5.56 Å². The maximum absolute atomic E-state index is 13.1. The van der Waals surface area contributed by atoms with Gasteiger partial charge in [0.05, 0.1) is 3.79 Å². The Hall–Kier alpha value is -3.21. The molecular weight excluding hydrogens is 636 g/mol. The van der Waals surface area contributed by atoms with E-state index in [1.54, 1.807) is 59.1 Å². The highest BCUT2D eigenvalue weighted by molar-refractivity contribution is 9.11. The summed E-state index contributed by atoms with van der Waals surface area (Å²) in [4.78, 5) is 14.8. The van der Waals surface area contributed by atoms with Crippen molar-refractivity contribution in [1.29, 1.82) is 0 Å². The van der Waals surface area contributed by atoms with Crippen LogP contribution in [-0.4, -0.2) is 19.0 Å². The molecular formula is C33H32BrF2N3OS2. The first kappa shape index (κ1) is 31.7. The van der Waals surface area contributed by atoms with Gasteiger partial charge in [0.2, 0.25) is 5.91 Å². The number of thiophene rings is 2. The van der Waals surface area contributed by atoms with E-state index in [1.165, 1.54) is 21.9 Å². The molecule has 9 heteroatoms. The molecule has 0 unspecified atom stereocenters. The van der Waals surface area contributed by atoms with Crippen molar-refractivity contribution in [3.8, 4) is 10.4 Å². The fraction of sp³-hybridized carbons (Fsp3) is 0.182. The van der Waals surface area contributed by atoms with Gasteiger partial charge in [0, 0.05) is 33.3 Å². The second kappa shape index (κ2) is 16.4. The van der Waals surface area contributed by atoms with Crippen LogP contribution in [0.5, 0.6) is 0 Å². The standard InChI is InChI=1S/C20H19FN2OS.C13H13BrFNS/c21-17-3-1-2-14(12-17)10-11-23-13-18-8-9-19(25-18)15-4-6-16(7-5-15)20(22)24;14-13-5-4-12(17-13)9-16-7-6-10-2-1-3-11(15)8-10/h1-9,12,23H,10-11,13H2,(H2,22,24);1-5,8,16H,6-7,9H2. The van der Waals surface area contributed by atoms with Gasteiger partial charge in [-0.1, -0.05) is 36.4 Å². The number of amides is 1. The third-order valence-electron chi connectivity index (χ3n) is 6.30. The zero-order valence-electron chi connectivity index (χ0n) is 22.9. The van der Waals surface area contributed by atoms with Crippen LogP contribution in [0.4, 0.5) is 8.78 Å². The minimum absolute atomic E-state index is 0.162. The third kappa shape index (κ3) is 10.6. The number of carbonyl (C=O) groups is 1. The van der Waals surface area contributed by atoms with Gasteiger partial charge in [0.1, 0.15) is 11.6 Å². The molecule has 4 nitrogen and oxygen atoms in total. The minimum atomic E-state index is -0.416. The van der Waals surface area contributed by atoms with Crippen molar-refractivity contribution >= 4 is 44.5 Å². The lowest BCUT2D eigenvalue weighted by molar-refractivity contribution is 0.100. The summed E-state index contributed by atoms with van der Waals surface area (Å²) in [6.45, 7) is 3.30. The molecule has 0 bridgehead atoms. The van der Waals surface area contributed by atoms with Crippen molar-refractivity contribution in [1.82, 2.24) is 10.6 Å². The maximum Gasteiger partial charge on any atom is 0.248 e. The summed E-state index contributed by atoms with van der Waals surface area (Å²) in [6, 6.07) is 29.1. The number of hydrogen-bond donors (Lipinski definition) is 3. The number of nitrogens with two attached hydrogens (primary N) is 1. The molecule has 0 saturated heterocycles. The fourth-order valence-electron chi connectivity index (χ4n) is 4.15. The van der Waals surface area contributed by atoms with E-state index in [1.807, 2.05) is 30.3 Å². The molecule has 0 aliphatic rings. The van der Waals surface area contributed by atoms with Crippen LogP contribution in [0, 0.1) is 11.6 Å². The molecule has 2 heterocycles. The second-order valence-corrected chi connectivity index (χ2v) is 13.2. The van der Waals surface area contributed by atoms with Crippen molar-refractivity contribution < 1.29 is 13.6 Å². The van der Waals surface area contributed by atoms with E-state index in [0.717, 1.165) is 64.4 Å². The Kier molecular flexibility index (Phi) is 12.4. The summed E-state index contributed by atoms with van der Waals surface area (Å²) in [5.41, 5.74) is 8.87. The zero-order chi connectivity index (χ0) is 29.7. The summed E-state index contributed by atoms with van der Waals surface area (Å²) >= 11 is 6.88. The summed E-state index contributed by atoms with van der Waals surface area (Å²) in [5.74, 6) is -0.770. The lowest BCUT2D eigenvalue weighted by Crippen LogP contribution is -2.15. The smallest absolute Gasteiger partial charge is 0.248 e. The molecule has 3 aromatic carbocycles. The van der Waals surface area contributed by atoms with Crippen molar-refractivity contribution in [3.63, 3.8) is 0 Å². The Morgan fingerprint density at radius 3 is 1.76 bits per heavy atom. The van der Waals surface area contributed by atoms with Gasteiger partial charge < -0.3 is 16.4 Å². The molecule has 42 heavy (non-hydrogen) atoms. The molecule has 0 aliphatic carbocycles. The van der Waals surface area contributed by atoms with Gasteiger partial charge in [0.25, 0.3) is 0 Å². The molecule has 5 aromatic rings. The number of hydrogen-bond acceptors (Lipinski definition) is 5. The highest BCUT2D eigenvalue weighted by atomic mass is 79.9. The van der Waals surface area contributed by atoms with Gasteiger partial charge in [-0.25, -0.2) is 8.78 Å². The maximum atomic E-state index is 13.1. The molecule has 1 amide bonds. The van der Waals surface area contributed by atoms with Gasteiger partial charge in [-0.3, -0.25) is 4.79 Å². The number of carbonyl (C=O) groups excluding carboxylic acids is 1. The zero-order valence-corrected chi connectivity index (χ0v) is 26.1. The van der Waals surface area contributed by atoms with Crippen LogP contribution in [0.1, 0.15) is 31.2 Å². The lowest BCUT2D eigenvalue weighted by atomic mass is 10.1. The highest BCUT2D eigenvalue weighted by Crippen LogP contribution is 2.28. The molecule has 0 aliphatic heterocycles. The summed E-state index contributed by atoms with van der Waals surface area (Å²) in [6.07, 6.45) is 1.65. The Morgan fingerprint density at radius 2 is 1.26 bits per heavy atom. The number of nitrogens with one attached hydrogen (secondary N) is 2. The Labute approximate surface area is 261 Å². The first-order chi connectivity index (χ1) is 20.4.